The van der Waals surface area contributed by atoms with Gasteiger partial charge in [0.05, 0.1) is 19.6 Å². The molecule has 0 unspecified atom stereocenters. The van der Waals surface area contributed by atoms with E-state index in [0.29, 0.717) is 43.1 Å². The van der Waals surface area contributed by atoms with Gasteiger partial charge in [-0.05, 0) is 75.3 Å². The Labute approximate surface area is 246 Å². The second-order valence-electron chi connectivity index (χ2n) is 10.6. The molecule has 41 heavy (non-hydrogen) atoms. The Morgan fingerprint density at radius 1 is 1.00 bits per heavy atom. The molecule has 0 radical (unpaired) electrons. The van der Waals surface area contributed by atoms with E-state index in [1.807, 2.05) is 36.1 Å². The van der Waals surface area contributed by atoms with Crippen LogP contribution in [0.25, 0.3) is 0 Å². The maximum atomic E-state index is 13.7. The fourth-order valence-electron chi connectivity index (χ4n) is 5.67. The normalized spacial score (nSPS) is 16.0. The molecule has 2 aromatic rings. The summed E-state index contributed by atoms with van der Waals surface area (Å²) in [7, 11) is 0. The number of anilines is 1. The fraction of sp³-hybridized carbons (Fsp3) is 0.484. The Kier molecular flexibility index (Phi) is 9.91. The van der Waals surface area contributed by atoms with Gasteiger partial charge in [-0.1, -0.05) is 41.9 Å². The Bertz CT molecular complexity index is 1270. The molecule has 0 saturated carbocycles. The highest BCUT2D eigenvalue weighted by Crippen LogP contribution is 2.34. The molecule has 2 aromatic carbocycles. The van der Waals surface area contributed by atoms with Gasteiger partial charge in [-0.15, -0.1) is 0 Å². The lowest BCUT2D eigenvalue weighted by molar-refractivity contribution is -0.175. The van der Waals surface area contributed by atoms with Gasteiger partial charge in [-0.2, -0.15) is 0 Å². The van der Waals surface area contributed by atoms with Gasteiger partial charge in [0, 0.05) is 36.4 Å². The summed E-state index contributed by atoms with van der Waals surface area (Å²) in [5.41, 5.74) is 1.56. The van der Waals surface area contributed by atoms with Gasteiger partial charge < -0.3 is 24.6 Å². The van der Waals surface area contributed by atoms with Crippen molar-refractivity contribution in [3.63, 3.8) is 0 Å². The molecule has 4 rings (SSSR count). The number of carbonyl (C=O) groups excluding carboxylic acids is 4. The van der Waals surface area contributed by atoms with Gasteiger partial charge in [0.2, 0.25) is 5.91 Å². The summed E-state index contributed by atoms with van der Waals surface area (Å²) in [4.78, 5) is 57.0. The number of esters is 2. The van der Waals surface area contributed by atoms with Crippen molar-refractivity contribution >= 4 is 41.2 Å². The summed E-state index contributed by atoms with van der Waals surface area (Å²) in [6.45, 7) is 6.66. The van der Waals surface area contributed by atoms with Crippen molar-refractivity contribution in [2.75, 3.05) is 38.2 Å². The second-order valence-corrected chi connectivity index (χ2v) is 11.0. The van der Waals surface area contributed by atoms with Crippen molar-refractivity contribution in [1.29, 1.82) is 0 Å². The number of amides is 3. The molecule has 0 aromatic heterocycles. The number of hydrogen-bond donors (Lipinski definition) is 1. The van der Waals surface area contributed by atoms with E-state index in [2.05, 4.69) is 5.32 Å². The largest absolute Gasteiger partial charge is 0.465 e. The number of ether oxygens (including phenoxy) is 2. The Morgan fingerprint density at radius 2 is 1.66 bits per heavy atom. The molecule has 3 amide bonds. The number of rotatable bonds is 9. The molecule has 0 atom stereocenters. The zero-order chi connectivity index (χ0) is 29.6. The number of hydrogen-bond acceptors (Lipinski definition) is 6. The van der Waals surface area contributed by atoms with Gasteiger partial charge in [-0.25, -0.2) is 4.79 Å². The highest BCUT2D eigenvalue weighted by molar-refractivity contribution is 6.31. The molecule has 220 valence electrons. The molecule has 0 spiro atoms. The third-order valence-corrected chi connectivity index (χ3v) is 8.34. The number of nitrogens with one attached hydrogen (secondary N) is 1. The Balaban J connectivity index is 1.49. The molecule has 2 aliphatic heterocycles. The smallest absolute Gasteiger partial charge is 0.324 e. The van der Waals surface area contributed by atoms with Crippen LogP contribution in [0.3, 0.4) is 0 Å². The highest BCUT2D eigenvalue weighted by Gasteiger charge is 2.51. The number of carbonyl (C=O) groups is 4. The van der Waals surface area contributed by atoms with Crippen LogP contribution in [0.2, 0.25) is 5.02 Å². The highest BCUT2D eigenvalue weighted by atomic mass is 35.5. The van der Waals surface area contributed by atoms with Gasteiger partial charge in [0.1, 0.15) is 0 Å². The SMILES string of the molecule is CCOC(=O)C(CC(=O)N1CCC(N2CCc3ccccc3NC2=O)CC1)(Cc1ccc(Cl)c(C)c1)C(=O)OCC. The molecule has 10 heteroatoms. The summed E-state index contributed by atoms with van der Waals surface area (Å²) in [5.74, 6) is -1.90. The van der Waals surface area contributed by atoms with E-state index in [-0.39, 0.29) is 44.0 Å². The number of piperidine rings is 1. The van der Waals surface area contributed by atoms with Crippen LogP contribution in [0.4, 0.5) is 10.5 Å². The minimum Gasteiger partial charge on any atom is -0.465 e. The first-order chi connectivity index (χ1) is 19.7. The van der Waals surface area contributed by atoms with Gasteiger partial charge >= 0.3 is 18.0 Å². The number of halogens is 1. The maximum Gasteiger partial charge on any atom is 0.324 e. The van der Waals surface area contributed by atoms with Crippen LogP contribution >= 0.6 is 11.6 Å². The molecule has 0 aliphatic carbocycles. The monoisotopic (exact) mass is 583 g/mol. The molecule has 9 nitrogen and oxygen atoms in total. The standard InChI is InChI=1S/C31H38ClN3O6/c1-4-40-28(37)31(29(38)41-5-2,19-22-10-11-25(32)21(3)18-22)20-27(36)34-15-13-24(14-16-34)35-17-12-23-8-6-7-9-26(23)33-30(35)39/h6-11,18,24H,4-5,12-17,19-20H2,1-3H3,(H,33,39). The molecule has 2 heterocycles. The minimum atomic E-state index is -1.84. The summed E-state index contributed by atoms with van der Waals surface area (Å²) >= 11 is 6.20. The predicted molar refractivity (Wildman–Crippen MR) is 156 cm³/mol. The van der Waals surface area contributed by atoms with E-state index in [1.54, 1.807) is 36.9 Å². The average molecular weight is 584 g/mol. The van der Waals surface area contributed by atoms with Crippen LogP contribution in [0.1, 0.15) is 49.8 Å². The lowest BCUT2D eigenvalue weighted by Gasteiger charge is -2.39. The first-order valence-electron chi connectivity index (χ1n) is 14.2. The van der Waals surface area contributed by atoms with Crippen LogP contribution in [0, 0.1) is 12.3 Å². The number of fused-ring (bicyclic) bond motifs is 1. The molecule has 1 fully saturated rings. The quantitative estimate of drug-likeness (QED) is 0.337. The van der Waals surface area contributed by atoms with Crippen LogP contribution in [0.15, 0.2) is 42.5 Å². The third kappa shape index (κ3) is 6.84. The molecular weight excluding hydrogens is 546 g/mol. The van der Waals surface area contributed by atoms with Crippen molar-refractivity contribution in [2.24, 2.45) is 5.41 Å². The van der Waals surface area contributed by atoms with Crippen LogP contribution < -0.4 is 5.32 Å². The summed E-state index contributed by atoms with van der Waals surface area (Å²) in [6.07, 6.45) is 1.51. The lowest BCUT2D eigenvalue weighted by atomic mass is 9.77. The van der Waals surface area contributed by atoms with Gasteiger partial charge in [-0.3, -0.25) is 14.4 Å². The van der Waals surface area contributed by atoms with Crippen molar-refractivity contribution < 1.29 is 28.7 Å². The van der Waals surface area contributed by atoms with Crippen molar-refractivity contribution in [2.45, 2.75) is 58.9 Å². The number of para-hydroxylation sites is 1. The number of nitrogens with zero attached hydrogens (tertiary/aromatic N) is 2. The Morgan fingerprint density at radius 3 is 2.29 bits per heavy atom. The molecule has 1 saturated heterocycles. The molecule has 1 N–H and O–H groups in total. The zero-order valence-electron chi connectivity index (χ0n) is 23.9. The summed E-state index contributed by atoms with van der Waals surface area (Å²) < 4.78 is 10.7. The predicted octanol–water partition coefficient (Wildman–Crippen LogP) is 4.77. The second kappa shape index (κ2) is 13.4. The van der Waals surface area contributed by atoms with Crippen molar-refractivity contribution in [3.8, 4) is 0 Å². The van der Waals surface area contributed by atoms with Crippen molar-refractivity contribution in [3.05, 3.63) is 64.2 Å². The molecule has 0 bridgehead atoms. The van der Waals surface area contributed by atoms with E-state index in [1.165, 1.54) is 0 Å². The van der Waals surface area contributed by atoms with E-state index in [4.69, 9.17) is 21.1 Å². The zero-order valence-corrected chi connectivity index (χ0v) is 24.7. The van der Waals surface area contributed by atoms with Gasteiger partial charge in [0.15, 0.2) is 5.41 Å². The molecule has 2 aliphatic rings. The molecular formula is C31H38ClN3O6. The average Bonchev–Trinajstić information content (AvgIpc) is 3.13. The van der Waals surface area contributed by atoms with E-state index >= 15 is 0 Å². The van der Waals surface area contributed by atoms with Crippen LogP contribution in [-0.4, -0.2) is 72.6 Å². The number of urea groups is 1. The minimum absolute atomic E-state index is 0.0229. The number of benzene rings is 2. The van der Waals surface area contributed by atoms with E-state index in [9.17, 15) is 19.2 Å². The third-order valence-electron chi connectivity index (χ3n) is 7.91. The maximum absolute atomic E-state index is 13.7. The fourth-order valence-corrected chi connectivity index (χ4v) is 5.79. The summed E-state index contributed by atoms with van der Waals surface area (Å²) in [5, 5.41) is 3.57. The van der Waals surface area contributed by atoms with Crippen LogP contribution in [0.5, 0.6) is 0 Å². The van der Waals surface area contributed by atoms with Gasteiger partial charge in [0.25, 0.3) is 0 Å². The lowest BCUT2D eigenvalue weighted by Crippen LogP contribution is -2.52. The first-order valence-corrected chi connectivity index (χ1v) is 14.6. The van der Waals surface area contributed by atoms with E-state index < -0.39 is 17.4 Å². The first kappa shape index (κ1) is 30.4. The topological polar surface area (TPSA) is 105 Å². The van der Waals surface area contributed by atoms with Crippen molar-refractivity contribution in [1.82, 2.24) is 9.80 Å². The van der Waals surface area contributed by atoms with E-state index in [0.717, 1.165) is 23.2 Å². The number of aryl methyl sites for hydroxylation is 1. The van der Waals surface area contributed by atoms with Crippen LogP contribution in [-0.2, 0) is 36.7 Å². The number of likely N-dealkylation sites (tertiary alicyclic amines) is 1. The summed E-state index contributed by atoms with van der Waals surface area (Å²) in [6, 6.07) is 12.9. The Hall–Kier alpha value is -3.59.